The molecule has 20 heavy (non-hydrogen) atoms. The summed E-state index contributed by atoms with van der Waals surface area (Å²) in [5.74, 6) is 0.955. The lowest BCUT2D eigenvalue weighted by molar-refractivity contribution is 0.307. The molecule has 2 heteroatoms. The van der Waals surface area contributed by atoms with E-state index in [0.717, 1.165) is 12.3 Å². The highest BCUT2D eigenvalue weighted by atomic mass is 16.5. The maximum atomic E-state index is 5.79. The molecule has 0 radical (unpaired) electrons. The monoisotopic (exact) mass is 269 g/mol. The molecule has 0 saturated heterocycles. The van der Waals surface area contributed by atoms with Gasteiger partial charge in [-0.25, -0.2) is 0 Å². The van der Waals surface area contributed by atoms with E-state index < -0.39 is 0 Å². The minimum Gasteiger partial charge on any atom is -0.492 e. The predicted octanol–water partition coefficient (Wildman–Crippen LogP) is 4.03. The highest BCUT2D eigenvalue weighted by molar-refractivity contribution is 5.32. The fourth-order valence-electron chi connectivity index (χ4n) is 2.32. The lowest BCUT2D eigenvalue weighted by Gasteiger charge is -2.15. The van der Waals surface area contributed by atoms with Crippen molar-refractivity contribution >= 4 is 0 Å². The zero-order valence-electron chi connectivity index (χ0n) is 12.5. The molecule has 0 spiro atoms. The summed E-state index contributed by atoms with van der Waals surface area (Å²) in [6.07, 6.45) is 0. The number of aryl methyl sites for hydroxylation is 2. The van der Waals surface area contributed by atoms with Crippen LogP contribution in [-0.4, -0.2) is 13.2 Å². The zero-order chi connectivity index (χ0) is 14.4. The lowest BCUT2D eigenvalue weighted by atomic mass is 10.1. The van der Waals surface area contributed by atoms with Gasteiger partial charge in [0.15, 0.2) is 0 Å². The van der Waals surface area contributed by atoms with Gasteiger partial charge in [0.1, 0.15) is 12.4 Å². The third-order valence-electron chi connectivity index (χ3n) is 3.32. The standard InChI is InChI=1S/C18H23NO/c1-14-11-15(2)13-18(12-14)20-10-9-19-16(3)17-7-5-4-6-8-17/h4-8,11-13,16,19H,9-10H2,1-3H3/t16-/m1/s1. The molecule has 0 unspecified atom stereocenters. The van der Waals surface area contributed by atoms with Gasteiger partial charge in [-0.2, -0.15) is 0 Å². The van der Waals surface area contributed by atoms with Gasteiger partial charge in [0.05, 0.1) is 0 Å². The van der Waals surface area contributed by atoms with Gasteiger partial charge in [-0.3, -0.25) is 0 Å². The number of rotatable bonds is 6. The molecule has 0 aliphatic heterocycles. The van der Waals surface area contributed by atoms with Gasteiger partial charge >= 0.3 is 0 Å². The summed E-state index contributed by atoms with van der Waals surface area (Å²) >= 11 is 0. The van der Waals surface area contributed by atoms with Crippen LogP contribution in [0.15, 0.2) is 48.5 Å². The molecule has 1 atom stereocenters. The van der Waals surface area contributed by atoms with E-state index in [1.165, 1.54) is 16.7 Å². The van der Waals surface area contributed by atoms with Gasteiger partial charge in [0.25, 0.3) is 0 Å². The molecule has 0 amide bonds. The average Bonchev–Trinajstić information content (AvgIpc) is 2.43. The first-order valence-electron chi connectivity index (χ1n) is 7.14. The van der Waals surface area contributed by atoms with Crippen LogP contribution in [0.3, 0.4) is 0 Å². The van der Waals surface area contributed by atoms with Gasteiger partial charge in [-0.05, 0) is 49.6 Å². The molecule has 0 aliphatic carbocycles. The molecule has 0 aliphatic rings. The van der Waals surface area contributed by atoms with E-state index in [1.807, 2.05) is 6.07 Å². The summed E-state index contributed by atoms with van der Waals surface area (Å²) in [5, 5.41) is 3.47. The van der Waals surface area contributed by atoms with Crippen molar-refractivity contribution in [2.75, 3.05) is 13.2 Å². The Morgan fingerprint density at radius 2 is 1.65 bits per heavy atom. The smallest absolute Gasteiger partial charge is 0.119 e. The van der Waals surface area contributed by atoms with Crippen LogP contribution in [0.5, 0.6) is 5.75 Å². The number of benzene rings is 2. The third kappa shape index (κ3) is 4.39. The van der Waals surface area contributed by atoms with Crippen molar-refractivity contribution in [1.29, 1.82) is 0 Å². The van der Waals surface area contributed by atoms with Gasteiger partial charge in [-0.15, -0.1) is 0 Å². The van der Waals surface area contributed by atoms with E-state index in [9.17, 15) is 0 Å². The third-order valence-corrected chi connectivity index (χ3v) is 3.32. The number of nitrogens with one attached hydrogen (secondary N) is 1. The summed E-state index contributed by atoms with van der Waals surface area (Å²) in [7, 11) is 0. The minimum absolute atomic E-state index is 0.346. The van der Waals surface area contributed by atoms with Crippen LogP contribution in [0.1, 0.15) is 29.7 Å². The number of hydrogen-bond acceptors (Lipinski definition) is 2. The number of ether oxygens (including phenoxy) is 1. The Labute approximate surface area is 121 Å². The van der Waals surface area contributed by atoms with Gasteiger partial charge in [0.2, 0.25) is 0 Å². The van der Waals surface area contributed by atoms with Crippen molar-refractivity contribution < 1.29 is 4.74 Å². The Kier molecular flexibility index (Phi) is 5.19. The van der Waals surface area contributed by atoms with Crippen molar-refractivity contribution in [3.05, 3.63) is 65.2 Å². The molecule has 0 fully saturated rings. The summed E-state index contributed by atoms with van der Waals surface area (Å²) in [4.78, 5) is 0. The quantitative estimate of drug-likeness (QED) is 0.799. The van der Waals surface area contributed by atoms with Crippen LogP contribution >= 0.6 is 0 Å². The molecule has 2 aromatic rings. The fourth-order valence-corrected chi connectivity index (χ4v) is 2.32. The summed E-state index contributed by atoms with van der Waals surface area (Å²) in [5.41, 5.74) is 3.79. The van der Waals surface area contributed by atoms with Crippen LogP contribution in [0.25, 0.3) is 0 Å². The molecule has 2 aromatic carbocycles. The highest BCUT2D eigenvalue weighted by Gasteiger charge is 2.03. The minimum atomic E-state index is 0.346. The molecule has 106 valence electrons. The molecule has 0 bridgehead atoms. The van der Waals surface area contributed by atoms with Crippen molar-refractivity contribution in [3.8, 4) is 5.75 Å². The highest BCUT2D eigenvalue weighted by Crippen LogP contribution is 2.16. The Morgan fingerprint density at radius 3 is 2.30 bits per heavy atom. The molecule has 0 saturated carbocycles. The van der Waals surface area contributed by atoms with Crippen LogP contribution in [0.4, 0.5) is 0 Å². The Balaban J connectivity index is 1.76. The molecule has 2 nitrogen and oxygen atoms in total. The Bertz CT molecular complexity index is 516. The predicted molar refractivity (Wildman–Crippen MR) is 84.3 cm³/mol. The fraction of sp³-hybridized carbons (Fsp3) is 0.333. The Morgan fingerprint density at radius 1 is 1.00 bits per heavy atom. The van der Waals surface area contributed by atoms with Crippen LogP contribution < -0.4 is 10.1 Å². The lowest BCUT2D eigenvalue weighted by Crippen LogP contribution is -2.24. The maximum Gasteiger partial charge on any atom is 0.119 e. The largest absolute Gasteiger partial charge is 0.492 e. The van der Waals surface area contributed by atoms with Crippen molar-refractivity contribution in [3.63, 3.8) is 0 Å². The average molecular weight is 269 g/mol. The normalized spacial score (nSPS) is 12.2. The van der Waals surface area contributed by atoms with E-state index in [-0.39, 0.29) is 0 Å². The second-order valence-electron chi connectivity index (χ2n) is 5.26. The van der Waals surface area contributed by atoms with Crippen molar-refractivity contribution in [1.82, 2.24) is 5.32 Å². The van der Waals surface area contributed by atoms with Crippen molar-refractivity contribution in [2.45, 2.75) is 26.8 Å². The topological polar surface area (TPSA) is 21.3 Å². The van der Waals surface area contributed by atoms with Gasteiger partial charge in [0, 0.05) is 12.6 Å². The molecular formula is C18H23NO. The second kappa shape index (κ2) is 7.11. The first-order valence-corrected chi connectivity index (χ1v) is 7.14. The summed E-state index contributed by atoms with van der Waals surface area (Å²) in [6, 6.07) is 17.1. The SMILES string of the molecule is Cc1cc(C)cc(OCCN[C@H](C)c2ccccc2)c1. The van der Waals surface area contributed by atoms with E-state index in [1.54, 1.807) is 0 Å². The van der Waals surface area contributed by atoms with Crippen molar-refractivity contribution in [2.24, 2.45) is 0 Å². The van der Waals surface area contributed by atoms with Gasteiger partial charge < -0.3 is 10.1 Å². The molecule has 2 rings (SSSR count). The Hall–Kier alpha value is -1.80. The van der Waals surface area contributed by atoms with Crippen LogP contribution in [-0.2, 0) is 0 Å². The number of hydrogen-bond donors (Lipinski definition) is 1. The first-order chi connectivity index (χ1) is 9.65. The molecule has 0 heterocycles. The molecule has 0 aromatic heterocycles. The molecular weight excluding hydrogens is 246 g/mol. The van der Waals surface area contributed by atoms with Gasteiger partial charge in [-0.1, -0.05) is 36.4 Å². The first kappa shape index (κ1) is 14.6. The van der Waals surface area contributed by atoms with E-state index in [2.05, 4.69) is 68.6 Å². The maximum absolute atomic E-state index is 5.79. The molecule has 1 N–H and O–H groups in total. The van der Waals surface area contributed by atoms with Crippen LogP contribution in [0, 0.1) is 13.8 Å². The van der Waals surface area contributed by atoms with E-state index in [4.69, 9.17) is 4.74 Å². The zero-order valence-corrected chi connectivity index (χ0v) is 12.5. The van der Waals surface area contributed by atoms with E-state index >= 15 is 0 Å². The van der Waals surface area contributed by atoms with Crippen LogP contribution in [0.2, 0.25) is 0 Å². The summed E-state index contributed by atoms with van der Waals surface area (Å²) in [6.45, 7) is 7.88. The second-order valence-corrected chi connectivity index (χ2v) is 5.26. The van der Waals surface area contributed by atoms with E-state index in [0.29, 0.717) is 12.6 Å². The summed E-state index contributed by atoms with van der Waals surface area (Å²) < 4.78 is 5.79.